The van der Waals surface area contributed by atoms with Crippen LogP contribution in [-0.2, 0) is 14.6 Å². The van der Waals surface area contributed by atoms with Crippen LogP contribution in [-0.4, -0.2) is 35.9 Å². The van der Waals surface area contributed by atoms with Gasteiger partial charge in [0.1, 0.15) is 17.4 Å². The summed E-state index contributed by atoms with van der Waals surface area (Å²) in [6, 6.07) is 13.0. The normalized spacial score (nSPS) is 11.5. The lowest BCUT2D eigenvalue weighted by atomic mass is 10.1. The summed E-state index contributed by atoms with van der Waals surface area (Å²) >= 11 is 6.87. The van der Waals surface area contributed by atoms with Crippen LogP contribution in [0.3, 0.4) is 0 Å². The number of hydrogen-bond donors (Lipinski definition) is 1. The lowest BCUT2D eigenvalue weighted by molar-refractivity contribution is -0.112. The van der Waals surface area contributed by atoms with Crippen molar-refractivity contribution in [3.63, 3.8) is 0 Å². The summed E-state index contributed by atoms with van der Waals surface area (Å²) in [4.78, 5) is 28.4. The summed E-state index contributed by atoms with van der Waals surface area (Å²) in [5.74, 6) is -1.27. The molecule has 1 heterocycles. The van der Waals surface area contributed by atoms with E-state index in [-0.39, 0.29) is 21.5 Å². The highest BCUT2D eigenvalue weighted by atomic mass is 35.5. The van der Waals surface area contributed by atoms with Crippen LogP contribution in [0.2, 0.25) is 5.02 Å². The molecule has 0 saturated heterocycles. The number of sulfone groups is 1. The van der Waals surface area contributed by atoms with E-state index in [4.69, 9.17) is 16.3 Å². The Hall–Kier alpha value is -3.59. The van der Waals surface area contributed by atoms with Gasteiger partial charge in [0.25, 0.3) is 11.1 Å². The number of nitrogens with zero attached hydrogens (tertiary/aromatic N) is 3. The average molecular weight is 503 g/mol. The highest BCUT2D eigenvalue weighted by molar-refractivity contribution is 7.90. The predicted molar refractivity (Wildman–Crippen MR) is 123 cm³/mol. The van der Waals surface area contributed by atoms with Gasteiger partial charge in [0.15, 0.2) is 0 Å². The molecule has 1 N–H and O–H groups in total. The molecule has 0 bridgehead atoms. The summed E-state index contributed by atoms with van der Waals surface area (Å²) in [5.41, 5.74) is 1.47. The number of rotatable bonds is 6. The molecular weight excluding hydrogens is 488 g/mol. The number of nitrogens with one attached hydrogen (secondary N) is 1. The molecular formula is C21H15ClN4O5S2. The zero-order valence-corrected chi connectivity index (χ0v) is 19.6. The Labute approximate surface area is 198 Å². The van der Waals surface area contributed by atoms with Crippen LogP contribution in [0.1, 0.15) is 21.5 Å². The Bertz CT molecular complexity index is 1410. The molecule has 3 aromatic rings. The number of carbonyl (C=O) groups excluding carboxylic acids is 2. The van der Waals surface area contributed by atoms with Gasteiger partial charge in [0.2, 0.25) is 15.0 Å². The highest BCUT2D eigenvalue weighted by Crippen LogP contribution is 2.27. The van der Waals surface area contributed by atoms with Crippen molar-refractivity contribution >= 4 is 56.1 Å². The fraction of sp³-hybridized carbons (Fsp3) is 0.0952. The van der Waals surface area contributed by atoms with Crippen molar-refractivity contribution in [1.82, 2.24) is 9.36 Å². The first kappa shape index (κ1) is 24.1. The van der Waals surface area contributed by atoms with Gasteiger partial charge in [-0.2, -0.15) is 14.6 Å². The fourth-order valence-corrected chi connectivity index (χ4v) is 4.10. The lowest BCUT2D eigenvalue weighted by Crippen LogP contribution is -2.13. The van der Waals surface area contributed by atoms with Gasteiger partial charge < -0.3 is 4.74 Å². The molecule has 9 nitrogen and oxygen atoms in total. The van der Waals surface area contributed by atoms with E-state index in [9.17, 15) is 23.3 Å². The number of halogens is 1. The highest BCUT2D eigenvalue weighted by Gasteiger charge is 2.18. The number of esters is 1. The third-order valence-corrected chi connectivity index (χ3v) is 5.97. The minimum absolute atomic E-state index is 0.0713. The molecule has 0 aliphatic heterocycles. The molecule has 1 aromatic heterocycles. The maximum Gasteiger partial charge on any atom is 0.343 e. The summed E-state index contributed by atoms with van der Waals surface area (Å²) in [6.45, 7) is 1.90. The van der Waals surface area contributed by atoms with Gasteiger partial charge in [-0.1, -0.05) is 35.4 Å². The van der Waals surface area contributed by atoms with E-state index in [1.807, 2.05) is 6.92 Å². The largest absolute Gasteiger partial charge is 0.421 e. The van der Waals surface area contributed by atoms with Crippen LogP contribution in [0.15, 0.2) is 53.2 Å². The molecule has 0 radical (unpaired) electrons. The van der Waals surface area contributed by atoms with Gasteiger partial charge in [-0.05, 0) is 42.8 Å². The van der Waals surface area contributed by atoms with Crippen LogP contribution in [0, 0.1) is 18.3 Å². The zero-order valence-electron chi connectivity index (χ0n) is 17.2. The summed E-state index contributed by atoms with van der Waals surface area (Å²) in [7, 11) is -3.62. The van der Waals surface area contributed by atoms with Crippen molar-refractivity contribution in [2.45, 2.75) is 12.1 Å². The van der Waals surface area contributed by atoms with Crippen molar-refractivity contribution in [2.75, 3.05) is 11.6 Å². The Kier molecular flexibility index (Phi) is 7.23. The van der Waals surface area contributed by atoms with E-state index in [1.54, 1.807) is 30.3 Å². The van der Waals surface area contributed by atoms with E-state index < -0.39 is 26.9 Å². The number of nitriles is 1. The second-order valence-corrected chi connectivity index (χ2v) is 9.79. The third kappa shape index (κ3) is 6.23. The first-order valence-electron chi connectivity index (χ1n) is 9.12. The summed E-state index contributed by atoms with van der Waals surface area (Å²) in [6.07, 6.45) is 2.21. The molecule has 0 unspecified atom stereocenters. The summed E-state index contributed by atoms with van der Waals surface area (Å²) in [5, 5.41) is 11.3. The maximum atomic E-state index is 12.4. The van der Waals surface area contributed by atoms with Crippen LogP contribution < -0.4 is 10.1 Å². The van der Waals surface area contributed by atoms with Crippen LogP contribution in [0.25, 0.3) is 6.08 Å². The molecule has 0 aliphatic rings. The molecule has 0 fully saturated rings. The van der Waals surface area contributed by atoms with Crippen molar-refractivity contribution < 1.29 is 22.7 Å². The van der Waals surface area contributed by atoms with Crippen LogP contribution >= 0.6 is 23.1 Å². The predicted octanol–water partition coefficient (Wildman–Crippen LogP) is 3.67. The fourth-order valence-electron chi connectivity index (χ4n) is 2.43. The SMILES string of the molecule is Cc1ccc(C(=O)Oc2ccc(/C=C(/C#N)C(=O)Nc3nc(S(C)(=O)=O)ns3)cc2Cl)cc1. The second-order valence-electron chi connectivity index (χ2n) is 6.72. The Balaban J connectivity index is 1.74. The maximum absolute atomic E-state index is 12.4. The first-order chi connectivity index (χ1) is 15.6. The Morgan fingerprint density at radius 1 is 1.21 bits per heavy atom. The number of carbonyl (C=O) groups is 2. The quantitative estimate of drug-likeness (QED) is 0.233. The minimum atomic E-state index is -3.62. The number of ether oxygens (including phenoxy) is 1. The van der Waals surface area contributed by atoms with Gasteiger partial charge >= 0.3 is 5.97 Å². The molecule has 12 heteroatoms. The molecule has 0 atom stereocenters. The molecule has 33 heavy (non-hydrogen) atoms. The van der Waals surface area contributed by atoms with Gasteiger partial charge in [-0.15, -0.1) is 0 Å². The monoisotopic (exact) mass is 502 g/mol. The number of aryl methyl sites for hydroxylation is 1. The van der Waals surface area contributed by atoms with Crippen LogP contribution in [0.4, 0.5) is 5.13 Å². The smallest absolute Gasteiger partial charge is 0.343 e. The standard InChI is InChI=1S/C21H15ClN4O5S2/c1-12-3-6-14(7-4-12)19(28)31-17-8-5-13(10-16(17)22)9-15(11-23)18(27)24-20-25-21(26-32-20)33(2,29)30/h3-10H,1-2H3,(H,24,25,26,27)/b15-9-. The van der Waals surface area contributed by atoms with E-state index in [0.717, 1.165) is 11.8 Å². The number of amides is 1. The van der Waals surface area contributed by atoms with Gasteiger partial charge in [-0.25, -0.2) is 13.2 Å². The Morgan fingerprint density at radius 3 is 2.48 bits per heavy atom. The minimum Gasteiger partial charge on any atom is -0.421 e. The Morgan fingerprint density at radius 2 is 1.91 bits per heavy atom. The van der Waals surface area contributed by atoms with Gasteiger partial charge in [-0.3, -0.25) is 10.1 Å². The number of benzene rings is 2. The third-order valence-electron chi connectivity index (χ3n) is 4.08. The lowest BCUT2D eigenvalue weighted by Gasteiger charge is -2.07. The van der Waals surface area contributed by atoms with E-state index in [1.165, 1.54) is 24.3 Å². The molecule has 2 aromatic carbocycles. The van der Waals surface area contributed by atoms with E-state index in [0.29, 0.717) is 22.7 Å². The first-order valence-corrected chi connectivity index (χ1v) is 12.2. The van der Waals surface area contributed by atoms with Crippen molar-refractivity contribution in [2.24, 2.45) is 0 Å². The molecule has 0 spiro atoms. The topological polar surface area (TPSA) is 139 Å². The van der Waals surface area contributed by atoms with Crippen LogP contribution in [0.5, 0.6) is 5.75 Å². The molecule has 3 rings (SSSR count). The molecule has 0 saturated carbocycles. The van der Waals surface area contributed by atoms with Crippen molar-refractivity contribution in [1.29, 1.82) is 5.26 Å². The second kappa shape index (κ2) is 9.91. The van der Waals surface area contributed by atoms with E-state index in [2.05, 4.69) is 14.7 Å². The number of aromatic nitrogens is 2. The number of anilines is 1. The average Bonchev–Trinajstić information content (AvgIpc) is 3.23. The zero-order chi connectivity index (χ0) is 24.2. The molecule has 1 amide bonds. The molecule has 0 aliphatic carbocycles. The number of hydrogen-bond acceptors (Lipinski definition) is 9. The van der Waals surface area contributed by atoms with Crippen molar-refractivity contribution in [3.05, 3.63) is 69.8 Å². The van der Waals surface area contributed by atoms with Gasteiger partial charge in [0, 0.05) is 17.8 Å². The van der Waals surface area contributed by atoms with E-state index >= 15 is 0 Å². The van der Waals surface area contributed by atoms with Crippen molar-refractivity contribution in [3.8, 4) is 11.8 Å². The van der Waals surface area contributed by atoms with Gasteiger partial charge in [0.05, 0.1) is 10.6 Å². The molecule has 168 valence electrons. The summed E-state index contributed by atoms with van der Waals surface area (Å²) < 4.78 is 31.9.